The maximum atomic E-state index is 5.81. The monoisotopic (exact) mass is 221 g/mol. The number of rotatable bonds is 3. The van der Waals surface area contributed by atoms with E-state index in [0.717, 1.165) is 22.7 Å². The lowest BCUT2D eigenvalue weighted by atomic mass is 10.2. The Morgan fingerprint density at radius 2 is 2.00 bits per heavy atom. The Hall–Kier alpha value is -1.32. The number of nitrogens with zero attached hydrogens (tertiary/aromatic N) is 2. The average molecular weight is 222 g/mol. The van der Waals surface area contributed by atoms with E-state index in [-0.39, 0.29) is 0 Å². The molecule has 1 aromatic carbocycles. The maximum Gasteiger partial charge on any atom is 0.0646 e. The van der Waals surface area contributed by atoms with Crippen LogP contribution in [-0.4, -0.2) is 16.3 Å². The Labute approximate surface area is 93.5 Å². The fraction of sp³-hybridized carbons (Fsp3) is 0.182. The van der Waals surface area contributed by atoms with Gasteiger partial charge in [0.15, 0.2) is 0 Å². The van der Waals surface area contributed by atoms with Crippen LogP contribution in [0, 0.1) is 0 Å². The van der Waals surface area contributed by atoms with Gasteiger partial charge in [-0.15, -0.1) is 0 Å². The summed E-state index contributed by atoms with van der Waals surface area (Å²) in [4.78, 5) is 0. The molecule has 15 heavy (non-hydrogen) atoms. The standard InChI is InChI=1S/C11H12ClN3/c12-10-1-3-11(4-2-10)15-8-9(5-6-13)7-14-15/h1-4,7-8H,5-6,13H2. The van der Waals surface area contributed by atoms with Crippen LogP contribution in [0.15, 0.2) is 36.7 Å². The molecule has 0 unspecified atom stereocenters. The summed E-state index contributed by atoms with van der Waals surface area (Å²) < 4.78 is 1.82. The molecule has 0 amide bonds. The Bertz CT molecular complexity index is 433. The highest BCUT2D eigenvalue weighted by Gasteiger charge is 1.99. The van der Waals surface area contributed by atoms with Crippen LogP contribution in [0.1, 0.15) is 5.56 Å². The minimum absolute atomic E-state index is 0.645. The zero-order chi connectivity index (χ0) is 10.7. The van der Waals surface area contributed by atoms with E-state index in [9.17, 15) is 0 Å². The van der Waals surface area contributed by atoms with Crippen LogP contribution < -0.4 is 5.73 Å². The first kappa shape index (κ1) is 10.2. The highest BCUT2D eigenvalue weighted by Crippen LogP contribution is 2.13. The van der Waals surface area contributed by atoms with Gasteiger partial charge in [-0.3, -0.25) is 0 Å². The molecule has 0 spiro atoms. The average Bonchev–Trinajstić information content (AvgIpc) is 2.68. The van der Waals surface area contributed by atoms with Crippen molar-refractivity contribution in [2.45, 2.75) is 6.42 Å². The van der Waals surface area contributed by atoms with Gasteiger partial charge in [0.2, 0.25) is 0 Å². The third kappa shape index (κ3) is 2.37. The second kappa shape index (κ2) is 4.47. The molecule has 0 atom stereocenters. The van der Waals surface area contributed by atoms with Gasteiger partial charge in [-0.25, -0.2) is 4.68 Å². The molecule has 0 saturated heterocycles. The zero-order valence-corrected chi connectivity index (χ0v) is 8.98. The highest BCUT2D eigenvalue weighted by molar-refractivity contribution is 6.30. The lowest BCUT2D eigenvalue weighted by Gasteiger charge is -2.00. The highest BCUT2D eigenvalue weighted by atomic mass is 35.5. The van der Waals surface area contributed by atoms with Gasteiger partial charge in [0, 0.05) is 11.2 Å². The first-order valence-electron chi connectivity index (χ1n) is 4.79. The van der Waals surface area contributed by atoms with Crippen LogP contribution in [0.2, 0.25) is 5.02 Å². The van der Waals surface area contributed by atoms with Gasteiger partial charge in [-0.2, -0.15) is 5.10 Å². The van der Waals surface area contributed by atoms with Crippen LogP contribution in [0.3, 0.4) is 0 Å². The van der Waals surface area contributed by atoms with Gasteiger partial charge in [0.1, 0.15) is 0 Å². The Balaban J connectivity index is 2.25. The fourth-order valence-corrected chi connectivity index (χ4v) is 1.52. The van der Waals surface area contributed by atoms with E-state index in [0.29, 0.717) is 6.54 Å². The van der Waals surface area contributed by atoms with Crippen molar-refractivity contribution in [1.29, 1.82) is 0 Å². The third-order valence-corrected chi connectivity index (χ3v) is 2.41. The molecule has 0 aliphatic rings. The summed E-state index contributed by atoms with van der Waals surface area (Å²) >= 11 is 5.81. The topological polar surface area (TPSA) is 43.8 Å². The van der Waals surface area contributed by atoms with E-state index in [4.69, 9.17) is 17.3 Å². The second-order valence-electron chi connectivity index (χ2n) is 3.31. The number of nitrogens with two attached hydrogens (primary N) is 1. The second-order valence-corrected chi connectivity index (χ2v) is 3.74. The van der Waals surface area contributed by atoms with Crippen molar-refractivity contribution in [1.82, 2.24) is 9.78 Å². The minimum atomic E-state index is 0.645. The molecule has 2 N–H and O–H groups in total. The summed E-state index contributed by atoms with van der Waals surface area (Å²) in [6.45, 7) is 0.645. The van der Waals surface area contributed by atoms with Crippen LogP contribution in [-0.2, 0) is 6.42 Å². The number of halogens is 1. The molecule has 4 heteroatoms. The predicted octanol–water partition coefficient (Wildman–Crippen LogP) is 2.03. The van der Waals surface area contributed by atoms with E-state index >= 15 is 0 Å². The third-order valence-electron chi connectivity index (χ3n) is 2.16. The summed E-state index contributed by atoms with van der Waals surface area (Å²) in [5.74, 6) is 0. The SMILES string of the molecule is NCCc1cnn(-c2ccc(Cl)cc2)c1. The van der Waals surface area contributed by atoms with E-state index in [1.165, 1.54) is 0 Å². The van der Waals surface area contributed by atoms with Crippen LogP contribution in [0.4, 0.5) is 0 Å². The minimum Gasteiger partial charge on any atom is -0.330 e. The zero-order valence-electron chi connectivity index (χ0n) is 8.23. The van der Waals surface area contributed by atoms with E-state index in [1.54, 1.807) is 0 Å². The van der Waals surface area contributed by atoms with Gasteiger partial charge in [-0.05, 0) is 42.8 Å². The molecule has 1 heterocycles. The molecule has 0 aliphatic carbocycles. The predicted molar refractivity (Wildman–Crippen MR) is 61.3 cm³/mol. The van der Waals surface area contributed by atoms with Gasteiger partial charge >= 0.3 is 0 Å². The molecule has 0 fully saturated rings. The first-order valence-corrected chi connectivity index (χ1v) is 5.17. The number of hydrogen-bond donors (Lipinski definition) is 1. The maximum absolute atomic E-state index is 5.81. The van der Waals surface area contributed by atoms with Crippen LogP contribution >= 0.6 is 11.6 Å². The van der Waals surface area contributed by atoms with Gasteiger partial charge < -0.3 is 5.73 Å². The van der Waals surface area contributed by atoms with E-state index in [1.807, 2.05) is 41.3 Å². The summed E-state index contributed by atoms with van der Waals surface area (Å²) in [6, 6.07) is 7.56. The molecular formula is C11H12ClN3. The van der Waals surface area contributed by atoms with Crippen molar-refractivity contribution >= 4 is 11.6 Å². The molecule has 2 rings (SSSR count). The molecule has 0 radical (unpaired) electrons. The molecule has 0 saturated carbocycles. The van der Waals surface area contributed by atoms with Crippen LogP contribution in [0.5, 0.6) is 0 Å². The van der Waals surface area contributed by atoms with Crippen molar-refractivity contribution in [2.75, 3.05) is 6.54 Å². The summed E-state index contributed by atoms with van der Waals surface area (Å²) in [5.41, 5.74) is 7.62. The lowest BCUT2D eigenvalue weighted by Crippen LogP contribution is -2.01. The van der Waals surface area contributed by atoms with Crippen molar-refractivity contribution in [3.05, 3.63) is 47.2 Å². The summed E-state index contributed by atoms with van der Waals surface area (Å²) in [7, 11) is 0. The van der Waals surface area contributed by atoms with E-state index in [2.05, 4.69) is 5.10 Å². The summed E-state index contributed by atoms with van der Waals surface area (Å²) in [5, 5.41) is 4.98. The first-order chi connectivity index (χ1) is 7.29. The summed E-state index contributed by atoms with van der Waals surface area (Å²) in [6.07, 6.45) is 4.67. The van der Waals surface area contributed by atoms with Crippen molar-refractivity contribution in [2.24, 2.45) is 5.73 Å². The smallest absolute Gasteiger partial charge is 0.0646 e. The fourth-order valence-electron chi connectivity index (χ4n) is 1.39. The van der Waals surface area contributed by atoms with Crippen molar-refractivity contribution < 1.29 is 0 Å². The Kier molecular flexibility index (Phi) is 3.04. The van der Waals surface area contributed by atoms with E-state index < -0.39 is 0 Å². The lowest BCUT2D eigenvalue weighted by molar-refractivity contribution is 0.879. The van der Waals surface area contributed by atoms with Gasteiger partial charge in [0.25, 0.3) is 0 Å². The van der Waals surface area contributed by atoms with Gasteiger partial charge in [-0.1, -0.05) is 11.6 Å². The molecule has 1 aromatic heterocycles. The largest absolute Gasteiger partial charge is 0.330 e. The number of benzene rings is 1. The quantitative estimate of drug-likeness (QED) is 0.862. The molecule has 3 nitrogen and oxygen atoms in total. The molecule has 2 aromatic rings. The Morgan fingerprint density at radius 1 is 1.27 bits per heavy atom. The number of hydrogen-bond acceptors (Lipinski definition) is 2. The molecule has 78 valence electrons. The molecule has 0 bridgehead atoms. The van der Waals surface area contributed by atoms with Crippen molar-refractivity contribution in [3.63, 3.8) is 0 Å². The normalized spacial score (nSPS) is 10.5. The van der Waals surface area contributed by atoms with Gasteiger partial charge in [0.05, 0.1) is 11.9 Å². The van der Waals surface area contributed by atoms with Crippen LogP contribution in [0.25, 0.3) is 5.69 Å². The Morgan fingerprint density at radius 3 is 2.67 bits per heavy atom. The molecule has 0 aliphatic heterocycles. The number of aromatic nitrogens is 2. The van der Waals surface area contributed by atoms with Crippen molar-refractivity contribution in [3.8, 4) is 5.69 Å². The molecular weight excluding hydrogens is 210 g/mol.